The molecular formula is C9H16N3OPS. The van der Waals surface area contributed by atoms with Crippen LogP contribution in [0, 0.1) is 0 Å². The number of rotatable bonds is 5. The summed E-state index contributed by atoms with van der Waals surface area (Å²) in [7, 11) is -0.796. The number of nitrogens with one attached hydrogen (secondary N) is 1. The zero-order valence-electron chi connectivity index (χ0n) is 9.23. The highest BCUT2D eigenvalue weighted by Gasteiger charge is 2.24. The molecule has 84 valence electrons. The molecule has 0 aromatic carbocycles. The minimum Gasteiger partial charge on any atom is -0.337 e. The quantitative estimate of drug-likeness (QED) is 0.639. The molecule has 1 unspecified atom stereocenters. The number of nitrogens with zero attached hydrogens (tertiary/aromatic N) is 2. The Morgan fingerprint density at radius 1 is 1.67 bits per heavy atom. The van der Waals surface area contributed by atoms with Crippen LogP contribution in [0.1, 0.15) is 20.8 Å². The Morgan fingerprint density at radius 3 is 2.87 bits per heavy atom. The predicted octanol–water partition coefficient (Wildman–Crippen LogP) is 2.48. The number of aromatic amines is 1. The lowest BCUT2D eigenvalue weighted by atomic mass is 10.3. The van der Waals surface area contributed by atoms with Crippen molar-refractivity contribution in [2.75, 3.05) is 6.61 Å². The average Bonchev–Trinajstić information content (AvgIpc) is 2.63. The minimum absolute atomic E-state index is 0.139. The van der Waals surface area contributed by atoms with Gasteiger partial charge in [0.05, 0.1) is 6.61 Å². The molecule has 0 saturated carbocycles. The van der Waals surface area contributed by atoms with E-state index in [1.165, 1.54) is 6.33 Å². The van der Waals surface area contributed by atoms with Gasteiger partial charge in [0.2, 0.25) is 0 Å². The molecule has 0 aliphatic heterocycles. The first-order valence-electron chi connectivity index (χ1n) is 4.61. The van der Waals surface area contributed by atoms with Crippen LogP contribution in [-0.4, -0.2) is 26.5 Å². The Balaban J connectivity index is 2.65. The molecule has 0 saturated heterocycles. The molecule has 4 nitrogen and oxygen atoms in total. The van der Waals surface area contributed by atoms with Gasteiger partial charge < -0.3 is 4.52 Å². The van der Waals surface area contributed by atoms with E-state index in [1.54, 1.807) is 17.5 Å². The normalized spacial score (nSPS) is 13.8. The van der Waals surface area contributed by atoms with E-state index in [2.05, 4.69) is 42.5 Å². The van der Waals surface area contributed by atoms with E-state index in [9.17, 15) is 0 Å². The molecule has 0 amide bonds. The van der Waals surface area contributed by atoms with Gasteiger partial charge in [-0.15, -0.1) is 6.58 Å². The molecule has 0 fully saturated rings. The Hall–Kier alpha value is -0.380. The van der Waals surface area contributed by atoms with Gasteiger partial charge in [0.25, 0.3) is 0 Å². The molecule has 0 bridgehead atoms. The van der Waals surface area contributed by atoms with E-state index in [0.717, 1.165) is 5.57 Å². The second kappa shape index (κ2) is 5.64. The highest BCUT2D eigenvalue weighted by Crippen LogP contribution is 2.54. The first kappa shape index (κ1) is 12.7. The summed E-state index contributed by atoms with van der Waals surface area (Å²) < 4.78 is 5.83. The number of aromatic nitrogens is 3. The van der Waals surface area contributed by atoms with E-state index < -0.39 is 7.35 Å². The maximum Gasteiger partial charge on any atom is 0.185 e. The molecular weight excluding hydrogens is 229 g/mol. The lowest BCUT2D eigenvalue weighted by molar-refractivity contribution is 0.417. The lowest BCUT2D eigenvalue weighted by Crippen LogP contribution is -2.13. The third kappa shape index (κ3) is 4.78. The van der Waals surface area contributed by atoms with Crippen LogP contribution in [0.5, 0.6) is 0 Å². The SMILES string of the molecule is C=CCOP(SC(C)(C)C)c1ncn[nH]1. The molecule has 6 heteroatoms. The maximum absolute atomic E-state index is 5.69. The molecule has 1 heterocycles. The van der Waals surface area contributed by atoms with Crippen molar-refractivity contribution in [3.8, 4) is 0 Å². The van der Waals surface area contributed by atoms with E-state index in [-0.39, 0.29) is 4.75 Å². The first-order valence-corrected chi connectivity index (χ1v) is 7.29. The topological polar surface area (TPSA) is 50.8 Å². The van der Waals surface area contributed by atoms with Crippen LogP contribution in [0.15, 0.2) is 19.0 Å². The summed E-state index contributed by atoms with van der Waals surface area (Å²) in [6.07, 6.45) is 3.25. The van der Waals surface area contributed by atoms with Gasteiger partial charge in [-0.3, -0.25) is 5.10 Å². The minimum atomic E-state index is -0.796. The van der Waals surface area contributed by atoms with Gasteiger partial charge in [0, 0.05) is 4.75 Å². The van der Waals surface area contributed by atoms with Crippen molar-refractivity contribution in [3.05, 3.63) is 19.0 Å². The molecule has 1 atom stereocenters. The molecule has 1 aromatic heterocycles. The largest absolute Gasteiger partial charge is 0.337 e. The monoisotopic (exact) mass is 245 g/mol. The third-order valence-corrected chi connectivity index (χ3v) is 5.88. The summed E-state index contributed by atoms with van der Waals surface area (Å²) in [5.41, 5.74) is 0.812. The summed E-state index contributed by atoms with van der Waals surface area (Å²) in [6, 6.07) is 0. The van der Waals surface area contributed by atoms with E-state index >= 15 is 0 Å². The highest BCUT2D eigenvalue weighted by molar-refractivity contribution is 8.56. The Bertz CT molecular complexity index is 297. The van der Waals surface area contributed by atoms with E-state index in [4.69, 9.17) is 4.52 Å². The molecule has 0 spiro atoms. The van der Waals surface area contributed by atoms with Crippen LogP contribution >= 0.6 is 18.7 Å². The highest BCUT2D eigenvalue weighted by atomic mass is 32.7. The van der Waals surface area contributed by atoms with Crippen LogP contribution in [0.25, 0.3) is 0 Å². The molecule has 0 aliphatic carbocycles. The molecule has 0 aliphatic rings. The zero-order chi connectivity index (χ0) is 11.3. The van der Waals surface area contributed by atoms with E-state index in [1.807, 2.05) is 0 Å². The number of hydrogen-bond donors (Lipinski definition) is 1. The summed E-state index contributed by atoms with van der Waals surface area (Å²) in [6.45, 7) is 10.6. The van der Waals surface area contributed by atoms with Crippen molar-refractivity contribution >= 4 is 24.3 Å². The second-order valence-corrected chi connectivity index (χ2v) is 8.00. The lowest BCUT2D eigenvalue weighted by Gasteiger charge is -2.22. The summed E-state index contributed by atoms with van der Waals surface area (Å²) >= 11 is 1.76. The third-order valence-electron chi connectivity index (χ3n) is 1.24. The summed E-state index contributed by atoms with van der Waals surface area (Å²) in [5.74, 6) is 0. The zero-order valence-corrected chi connectivity index (χ0v) is 10.9. The van der Waals surface area contributed by atoms with Crippen LogP contribution in [0.2, 0.25) is 0 Å². The molecule has 1 rings (SSSR count). The Morgan fingerprint density at radius 2 is 2.40 bits per heavy atom. The van der Waals surface area contributed by atoms with Gasteiger partial charge in [0.1, 0.15) is 6.33 Å². The standard InChI is InChI=1S/C9H16N3OPS/c1-5-6-13-14(15-9(2,3)4)8-10-7-11-12-8/h5,7H,1,6H2,2-4H3,(H,10,11,12). The molecule has 1 N–H and O–H groups in total. The number of H-pyrrole nitrogens is 1. The van der Waals surface area contributed by atoms with Gasteiger partial charge in [-0.05, 0) is 0 Å². The van der Waals surface area contributed by atoms with Crippen LogP contribution in [0.4, 0.5) is 0 Å². The van der Waals surface area contributed by atoms with Crippen molar-refractivity contribution in [1.82, 2.24) is 15.2 Å². The van der Waals surface area contributed by atoms with Gasteiger partial charge in [-0.2, -0.15) is 5.10 Å². The Kier molecular flexibility index (Phi) is 4.77. The fourth-order valence-corrected chi connectivity index (χ4v) is 4.43. The average molecular weight is 245 g/mol. The van der Waals surface area contributed by atoms with E-state index in [0.29, 0.717) is 6.61 Å². The smallest absolute Gasteiger partial charge is 0.185 e. The summed E-state index contributed by atoms with van der Waals surface area (Å²) in [5, 5.41) is 6.70. The fraction of sp³-hybridized carbons (Fsp3) is 0.556. The Labute approximate surface area is 95.5 Å². The van der Waals surface area contributed by atoms with Crippen LogP contribution < -0.4 is 5.57 Å². The molecule has 15 heavy (non-hydrogen) atoms. The van der Waals surface area contributed by atoms with Crippen molar-refractivity contribution < 1.29 is 4.52 Å². The maximum atomic E-state index is 5.69. The molecule has 0 radical (unpaired) electrons. The predicted molar refractivity (Wildman–Crippen MR) is 66.4 cm³/mol. The van der Waals surface area contributed by atoms with Crippen molar-refractivity contribution in [1.29, 1.82) is 0 Å². The van der Waals surface area contributed by atoms with Gasteiger partial charge in [-0.1, -0.05) is 38.2 Å². The van der Waals surface area contributed by atoms with Crippen molar-refractivity contribution in [3.63, 3.8) is 0 Å². The molecule has 1 aromatic rings. The first-order chi connectivity index (χ1) is 7.03. The second-order valence-electron chi connectivity index (χ2n) is 3.85. The van der Waals surface area contributed by atoms with Gasteiger partial charge in [-0.25, -0.2) is 4.98 Å². The summed E-state index contributed by atoms with van der Waals surface area (Å²) in [4.78, 5) is 4.14. The van der Waals surface area contributed by atoms with Crippen LogP contribution in [-0.2, 0) is 4.52 Å². The number of hydrogen-bond acceptors (Lipinski definition) is 4. The van der Waals surface area contributed by atoms with Crippen LogP contribution in [0.3, 0.4) is 0 Å². The fourth-order valence-electron chi connectivity index (χ4n) is 0.787. The van der Waals surface area contributed by atoms with Crippen molar-refractivity contribution in [2.45, 2.75) is 25.5 Å². The van der Waals surface area contributed by atoms with Gasteiger partial charge in [0.15, 0.2) is 12.9 Å². The van der Waals surface area contributed by atoms with Crippen molar-refractivity contribution in [2.24, 2.45) is 0 Å². The van der Waals surface area contributed by atoms with Gasteiger partial charge >= 0.3 is 0 Å².